The first kappa shape index (κ1) is 17.8. The van der Waals surface area contributed by atoms with Crippen LogP contribution in [0.5, 0.6) is 5.75 Å². The Morgan fingerprint density at radius 1 is 1.21 bits per heavy atom. The summed E-state index contributed by atoms with van der Waals surface area (Å²) in [4.78, 5) is 23.2. The molecule has 24 heavy (non-hydrogen) atoms. The van der Waals surface area contributed by atoms with Crippen LogP contribution >= 0.6 is 0 Å². The van der Waals surface area contributed by atoms with Crippen molar-refractivity contribution in [2.45, 2.75) is 44.1 Å². The van der Waals surface area contributed by atoms with E-state index < -0.39 is 5.54 Å². The number of methoxy groups -OCH3 is 1. The van der Waals surface area contributed by atoms with Crippen LogP contribution in [0.3, 0.4) is 0 Å². The zero-order chi connectivity index (χ0) is 17.4. The van der Waals surface area contributed by atoms with Gasteiger partial charge in [0.25, 0.3) is 5.91 Å². The number of nitrogens with one attached hydrogen (secondary N) is 1. The number of hydrogen-bond donors (Lipinski definition) is 1. The van der Waals surface area contributed by atoms with Gasteiger partial charge in [0, 0.05) is 0 Å². The van der Waals surface area contributed by atoms with Crippen molar-refractivity contribution in [3.05, 3.63) is 29.8 Å². The number of hydrogen-bond acceptors (Lipinski definition) is 5. The molecule has 0 atom stereocenters. The lowest BCUT2D eigenvalue weighted by molar-refractivity contribution is -0.139. The Bertz CT molecular complexity index is 613. The highest BCUT2D eigenvalue weighted by Crippen LogP contribution is 2.27. The molecule has 6 heteroatoms. The second-order valence-electron chi connectivity index (χ2n) is 5.99. The number of nitriles is 1. The van der Waals surface area contributed by atoms with Crippen molar-refractivity contribution in [1.82, 2.24) is 5.32 Å². The Hall–Kier alpha value is -2.55. The van der Waals surface area contributed by atoms with E-state index in [1.165, 1.54) is 7.11 Å². The molecule has 1 aliphatic rings. The monoisotopic (exact) mass is 330 g/mol. The maximum Gasteiger partial charge on any atom is 0.309 e. The number of benzene rings is 1. The molecule has 0 aromatic heterocycles. The van der Waals surface area contributed by atoms with E-state index in [2.05, 4.69) is 16.1 Å². The molecular formula is C18H22N2O4. The summed E-state index contributed by atoms with van der Waals surface area (Å²) in [5.41, 5.74) is 0.0626. The van der Waals surface area contributed by atoms with Gasteiger partial charge in [-0.1, -0.05) is 31.4 Å². The van der Waals surface area contributed by atoms with Crippen LogP contribution in [0.1, 0.15) is 37.7 Å². The van der Waals surface area contributed by atoms with Crippen molar-refractivity contribution in [2.75, 3.05) is 13.7 Å². The Labute approximate surface area is 141 Å². The number of carbonyl (C=O) groups is 2. The molecule has 0 aliphatic heterocycles. The minimum Gasteiger partial charge on any atom is -0.484 e. The van der Waals surface area contributed by atoms with Crippen LogP contribution in [0.2, 0.25) is 0 Å². The summed E-state index contributed by atoms with van der Waals surface area (Å²) in [6.07, 6.45) is 4.59. The lowest BCUT2D eigenvalue weighted by atomic mass is 9.83. The molecule has 6 nitrogen and oxygen atoms in total. The Morgan fingerprint density at radius 3 is 2.46 bits per heavy atom. The largest absolute Gasteiger partial charge is 0.484 e. The van der Waals surface area contributed by atoms with Crippen LogP contribution in [0.15, 0.2) is 24.3 Å². The van der Waals surface area contributed by atoms with E-state index in [0.29, 0.717) is 18.6 Å². The first-order chi connectivity index (χ1) is 11.6. The van der Waals surface area contributed by atoms with E-state index in [1.807, 2.05) is 0 Å². The van der Waals surface area contributed by atoms with Crippen LogP contribution in [-0.4, -0.2) is 31.1 Å². The standard InChI is InChI=1S/C18H22N2O4/c1-23-17(22)11-14-5-7-15(8-6-14)24-12-16(21)20-18(13-19)9-3-2-4-10-18/h5-8H,2-4,9-12H2,1H3,(H,20,21). The normalized spacial score (nSPS) is 15.8. The lowest BCUT2D eigenvalue weighted by Crippen LogP contribution is -2.50. The van der Waals surface area contributed by atoms with Crippen molar-refractivity contribution >= 4 is 11.9 Å². The van der Waals surface area contributed by atoms with Gasteiger partial charge in [-0.25, -0.2) is 0 Å². The summed E-state index contributed by atoms with van der Waals surface area (Å²) in [6.45, 7) is -0.139. The minimum atomic E-state index is -0.747. The molecule has 0 heterocycles. The molecule has 1 saturated carbocycles. The summed E-state index contributed by atoms with van der Waals surface area (Å²) in [7, 11) is 1.35. The molecule has 0 bridgehead atoms. The van der Waals surface area contributed by atoms with Crippen LogP contribution < -0.4 is 10.1 Å². The quantitative estimate of drug-likeness (QED) is 0.807. The third-order valence-electron chi connectivity index (χ3n) is 4.17. The molecule has 1 aromatic rings. The van der Waals surface area contributed by atoms with Crippen molar-refractivity contribution in [3.8, 4) is 11.8 Å². The number of esters is 1. The van der Waals surface area contributed by atoms with Gasteiger partial charge in [0.15, 0.2) is 6.61 Å². The fourth-order valence-electron chi connectivity index (χ4n) is 2.81. The zero-order valence-corrected chi connectivity index (χ0v) is 13.8. The Balaban J connectivity index is 1.83. The van der Waals surface area contributed by atoms with Crippen molar-refractivity contribution in [3.63, 3.8) is 0 Å². The fraction of sp³-hybridized carbons (Fsp3) is 0.500. The van der Waals surface area contributed by atoms with Crippen LogP contribution in [0.4, 0.5) is 0 Å². The van der Waals surface area contributed by atoms with Gasteiger partial charge in [-0.3, -0.25) is 9.59 Å². The van der Waals surface area contributed by atoms with Crippen LogP contribution in [0.25, 0.3) is 0 Å². The molecule has 0 spiro atoms. The van der Waals surface area contributed by atoms with Gasteiger partial charge in [-0.15, -0.1) is 0 Å². The molecule has 2 rings (SSSR count). The van der Waals surface area contributed by atoms with Crippen molar-refractivity contribution in [1.29, 1.82) is 5.26 Å². The predicted octanol–water partition coefficient (Wildman–Crippen LogP) is 2.12. The van der Waals surface area contributed by atoms with Gasteiger partial charge in [0.1, 0.15) is 11.3 Å². The van der Waals surface area contributed by atoms with Gasteiger partial charge in [0.2, 0.25) is 0 Å². The summed E-state index contributed by atoms with van der Waals surface area (Å²) < 4.78 is 10.1. The highest BCUT2D eigenvalue weighted by molar-refractivity contribution is 5.79. The molecule has 1 aromatic carbocycles. The summed E-state index contributed by atoms with van der Waals surface area (Å²) in [6, 6.07) is 9.15. The number of rotatable bonds is 6. The maximum absolute atomic E-state index is 12.1. The number of ether oxygens (including phenoxy) is 2. The third kappa shape index (κ3) is 4.98. The SMILES string of the molecule is COC(=O)Cc1ccc(OCC(=O)NC2(C#N)CCCCC2)cc1. The molecular weight excluding hydrogens is 308 g/mol. The van der Waals surface area contributed by atoms with Gasteiger partial charge >= 0.3 is 5.97 Å². The van der Waals surface area contributed by atoms with Gasteiger partial charge < -0.3 is 14.8 Å². The molecule has 0 unspecified atom stereocenters. The maximum atomic E-state index is 12.1. The second-order valence-corrected chi connectivity index (χ2v) is 5.99. The van der Waals surface area contributed by atoms with Crippen LogP contribution in [0, 0.1) is 11.3 Å². The van der Waals surface area contributed by atoms with Gasteiger partial charge in [-0.05, 0) is 30.5 Å². The first-order valence-electron chi connectivity index (χ1n) is 8.08. The fourth-order valence-corrected chi connectivity index (χ4v) is 2.81. The topological polar surface area (TPSA) is 88.4 Å². The van der Waals surface area contributed by atoms with E-state index in [4.69, 9.17) is 4.74 Å². The Kier molecular flexibility index (Phi) is 6.19. The molecule has 1 aliphatic carbocycles. The summed E-state index contributed by atoms with van der Waals surface area (Å²) in [5.74, 6) is -0.0668. The van der Waals surface area contributed by atoms with E-state index in [0.717, 1.165) is 24.8 Å². The zero-order valence-electron chi connectivity index (χ0n) is 13.8. The highest BCUT2D eigenvalue weighted by Gasteiger charge is 2.33. The van der Waals surface area contributed by atoms with E-state index in [9.17, 15) is 14.9 Å². The molecule has 1 amide bonds. The molecule has 0 radical (unpaired) electrons. The summed E-state index contributed by atoms with van der Waals surface area (Å²) >= 11 is 0. The lowest BCUT2D eigenvalue weighted by Gasteiger charge is -2.31. The first-order valence-corrected chi connectivity index (χ1v) is 8.08. The average Bonchev–Trinajstić information content (AvgIpc) is 2.61. The Morgan fingerprint density at radius 2 is 1.88 bits per heavy atom. The number of amides is 1. The molecule has 1 fully saturated rings. The number of carbonyl (C=O) groups excluding carboxylic acids is 2. The van der Waals surface area contributed by atoms with Crippen molar-refractivity contribution < 1.29 is 19.1 Å². The number of nitrogens with zero attached hydrogens (tertiary/aromatic N) is 1. The predicted molar refractivity (Wildman–Crippen MR) is 87.2 cm³/mol. The van der Waals surface area contributed by atoms with E-state index >= 15 is 0 Å². The van der Waals surface area contributed by atoms with Crippen LogP contribution in [-0.2, 0) is 20.7 Å². The van der Waals surface area contributed by atoms with E-state index in [1.54, 1.807) is 24.3 Å². The molecule has 1 N–H and O–H groups in total. The van der Waals surface area contributed by atoms with Gasteiger partial charge in [0.05, 0.1) is 19.6 Å². The average molecular weight is 330 g/mol. The van der Waals surface area contributed by atoms with Gasteiger partial charge in [-0.2, -0.15) is 5.26 Å². The van der Waals surface area contributed by atoms with E-state index in [-0.39, 0.29) is 24.9 Å². The molecule has 128 valence electrons. The minimum absolute atomic E-state index is 0.139. The summed E-state index contributed by atoms with van der Waals surface area (Å²) in [5, 5.41) is 12.2. The van der Waals surface area contributed by atoms with Crippen molar-refractivity contribution in [2.24, 2.45) is 0 Å². The third-order valence-corrected chi connectivity index (χ3v) is 4.17. The smallest absolute Gasteiger partial charge is 0.309 e. The highest BCUT2D eigenvalue weighted by atomic mass is 16.5. The second kappa shape index (κ2) is 8.34. The molecule has 0 saturated heterocycles.